The van der Waals surface area contributed by atoms with Crippen molar-refractivity contribution in [3.05, 3.63) is 53.7 Å². The number of pyridine rings is 1. The van der Waals surface area contributed by atoms with Crippen molar-refractivity contribution in [1.29, 1.82) is 0 Å². The zero-order valence-electron chi connectivity index (χ0n) is 14.2. The van der Waals surface area contributed by atoms with Crippen molar-refractivity contribution in [3.63, 3.8) is 0 Å². The summed E-state index contributed by atoms with van der Waals surface area (Å²) < 4.78 is 52.2. The zero-order chi connectivity index (χ0) is 19.3. The van der Waals surface area contributed by atoms with Crippen molar-refractivity contribution in [1.82, 2.24) is 10.3 Å². The molecule has 9 heteroatoms. The van der Waals surface area contributed by atoms with E-state index in [-0.39, 0.29) is 29.5 Å². The summed E-state index contributed by atoms with van der Waals surface area (Å²) in [6, 6.07) is 8.59. The van der Waals surface area contributed by atoms with Crippen LogP contribution in [0.25, 0.3) is 0 Å². The highest BCUT2D eigenvalue weighted by Gasteiger charge is 2.32. The lowest BCUT2D eigenvalue weighted by Crippen LogP contribution is -2.24. The van der Waals surface area contributed by atoms with E-state index < -0.39 is 12.3 Å². The van der Waals surface area contributed by atoms with Gasteiger partial charge >= 0.3 is 6.36 Å². The maximum Gasteiger partial charge on any atom is 0.573 e. The molecule has 0 saturated carbocycles. The number of benzene rings is 1. The van der Waals surface area contributed by atoms with Crippen LogP contribution in [0, 0.1) is 0 Å². The number of carbonyl (C=O) groups is 1. The molecule has 1 aliphatic heterocycles. The zero-order valence-corrected chi connectivity index (χ0v) is 14.2. The van der Waals surface area contributed by atoms with Gasteiger partial charge in [0.15, 0.2) is 0 Å². The summed E-state index contributed by atoms with van der Waals surface area (Å²) in [6.07, 6.45) is -2.74. The van der Waals surface area contributed by atoms with Crippen molar-refractivity contribution in [2.45, 2.75) is 25.4 Å². The van der Waals surface area contributed by atoms with Crippen molar-refractivity contribution >= 4 is 5.91 Å². The Morgan fingerprint density at radius 2 is 2.11 bits per heavy atom. The molecule has 2 aromatic rings. The number of amides is 1. The van der Waals surface area contributed by atoms with Gasteiger partial charge in [-0.15, -0.1) is 13.2 Å². The van der Waals surface area contributed by atoms with Gasteiger partial charge in [-0.1, -0.05) is 18.2 Å². The quantitative estimate of drug-likeness (QED) is 0.832. The molecule has 27 heavy (non-hydrogen) atoms. The molecule has 1 aromatic carbocycles. The lowest BCUT2D eigenvalue weighted by molar-refractivity contribution is -0.274. The average Bonchev–Trinajstić information content (AvgIpc) is 3.12. The molecule has 1 fully saturated rings. The van der Waals surface area contributed by atoms with Crippen molar-refractivity contribution in [2.75, 3.05) is 13.2 Å². The predicted octanol–water partition coefficient (Wildman–Crippen LogP) is 3.08. The van der Waals surface area contributed by atoms with E-state index in [9.17, 15) is 18.0 Å². The fourth-order valence-corrected chi connectivity index (χ4v) is 2.54. The summed E-state index contributed by atoms with van der Waals surface area (Å²) >= 11 is 0. The number of hydrogen-bond acceptors (Lipinski definition) is 5. The Morgan fingerprint density at radius 1 is 1.30 bits per heavy atom. The summed E-state index contributed by atoms with van der Waals surface area (Å²) in [7, 11) is 0. The van der Waals surface area contributed by atoms with Gasteiger partial charge in [0.25, 0.3) is 5.91 Å². The third-order valence-electron chi connectivity index (χ3n) is 3.81. The molecule has 1 saturated heterocycles. The van der Waals surface area contributed by atoms with Crippen LogP contribution in [-0.4, -0.2) is 36.6 Å². The van der Waals surface area contributed by atoms with Gasteiger partial charge in [-0.3, -0.25) is 4.79 Å². The number of ether oxygens (including phenoxy) is 3. The summed E-state index contributed by atoms with van der Waals surface area (Å²) in [5.74, 6) is -0.532. The molecule has 1 aromatic heterocycles. The van der Waals surface area contributed by atoms with Crippen LogP contribution in [-0.2, 0) is 11.3 Å². The first-order chi connectivity index (χ1) is 12.9. The molecule has 6 nitrogen and oxygen atoms in total. The van der Waals surface area contributed by atoms with Crippen LogP contribution in [0.2, 0.25) is 0 Å². The minimum absolute atomic E-state index is 0.109. The second-order valence-electron chi connectivity index (χ2n) is 5.82. The molecule has 1 amide bonds. The Morgan fingerprint density at radius 3 is 2.85 bits per heavy atom. The van der Waals surface area contributed by atoms with Crippen LogP contribution < -0.4 is 14.8 Å². The molecule has 1 atom stereocenters. The standard InChI is InChI=1S/C18H17F3N2O4/c19-18(20,21)27-15-4-2-1-3-13(15)10-23-17(24)12-5-7-22-16(9-12)26-14-6-8-25-11-14/h1-5,7,9,14H,6,8,10-11H2,(H,23,24)/t14-/m1/s1. The van der Waals surface area contributed by atoms with E-state index in [1.807, 2.05) is 0 Å². The number of aromatic nitrogens is 1. The number of nitrogens with one attached hydrogen (secondary N) is 1. The van der Waals surface area contributed by atoms with Crippen LogP contribution in [0.5, 0.6) is 11.6 Å². The van der Waals surface area contributed by atoms with Gasteiger partial charge in [0.1, 0.15) is 11.9 Å². The smallest absolute Gasteiger partial charge is 0.472 e. The van der Waals surface area contributed by atoms with Gasteiger partial charge in [0, 0.05) is 36.4 Å². The Hall–Kier alpha value is -2.81. The van der Waals surface area contributed by atoms with Crippen molar-refractivity contribution in [2.24, 2.45) is 0 Å². The SMILES string of the molecule is O=C(NCc1ccccc1OC(F)(F)F)c1ccnc(O[C@@H]2CCOC2)c1. The molecule has 0 aliphatic carbocycles. The topological polar surface area (TPSA) is 69.7 Å². The van der Waals surface area contributed by atoms with E-state index in [2.05, 4.69) is 15.0 Å². The maximum atomic E-state index is 12.5. The van der Waals surface area contributed by atoms with Crippen LogP contribution in [0.4, 0.5) is 13.2 Å². The highest BCUT2D eigenvalue weighted by Crippen LogP contribution is 2.26. The van der Waals surface area contributed by atoms with Gasteiger partial charge in [0.05, 0.1) is 13.2 Å². The fraction of sp³-hybridized carbons (Fsp3) is 0.333. The van der Waals surface area contributed by atoms with Gasteiger partial charge in [-0.25, -0.2) is 4.98 Å². The molecular weight excluding hydrogens is 365 g/mol. The molecule has 0 unspecified atom stereocenters. The van der Waals surface area contributed by atoms with Gasteiger partial charge in [-0.2, -0.15) is 0 Å². The third kappa shape index (κ3) is 5.58. The number of para-hydroxylation sites is 1. The van der Waals surface area contributed by atoms with Gasteiger partial charge in [-0.05, 0) is 12.1 Å². The minimum atomic E-state index is -4.80. The summed E-state index contributed by atoms with van der Waals surface area (Å²) in [5.41, 5.74) is 0.491. The Balaban J connectivity index is 1.63. The lowest BCUT2D eigenvalue weighted by Gasteiger charge is -2.14. The highest BCUT2D eigenvalue weighted by atomic mass is 19.4. The molecule has 2 heterocycles. The van der Waals surface area contributed by atoms with Crippen LogP contribution in [0.15, 0.2) is 42.6 Å². The van der Waals surface area contributed by atoms with Crippen LogP contribution in [0.1, 0.15) is 22.3 Å². The number of halogens is 3. The molecule has 0 radical (unpaired) electrons. The summed E-state index contributed by atoms with van der Waals surface area (Å²) in [4.78, 5) is 16.4. The van der Waals surface area contributed by atoms with Crippen LogP contribution in [0.3, 0.4) is 0 Å². The molecule has 3 rings (SSSR count). The number of carbonyl (C=O) groups excluding carboxylic acids is 1. The number of alkyl halides is 3. The number of hydrogen-bond donors (Lipinski definition) is 1. The minimum Gasteiger partial charge on any atom is -0.472 e. The van der Waals surface area contributed by atoms with E-state index in [0.29, 0.717) is 19.1 Å². The first-order valence-electron chi connectivity index (χ1n) is 8.23. The Kier molecular flexibility index (Phi) is 5.80. The largest absolute Gasteiger partial charge is 0.573 e. The Bertz CT molecular complexity index is 792. The number of nitrogens with zero attached hydrogens (tertiary/aromatic N) is 1. The van der Waals surface area contributed by atoms with E-state index in [1.54, 1.807) is 6.07 Å². The van der Waals surface area contributed by atoms with E-state index in [0.717, 1.165) is 6.42 Å². The molecule has 144 valence electrons. The molecule has 0 bridgehead atoms. The summed E-state index contributed by atoms with van der Waals surface area (Å²) in [6.45, 7) is 0.957. The highest BCUT2D eigenvalue weighted by molar-refractivity contribution is 5.94. The van der Waals surface area contributed by atoms with E-state index in [4.69, 9.17) is 9.47 Å². The molecule has 1 aliphatic rings. The van der Waals surface area contributed by atoms with Crippen LogP contribution >= 0.6 is 0 Å². The van der Waals surface area contributed by atoms with E-state index in [1.165, 1.54) is 36.5 Å². The first-order valence-corrected chi connectivity index (χ1v) is 8.23. The van der Waals surface area contributed by atoms with Crippen molar-refractivity contribution < 1.29 is 32.2 Å². The maximum absolute atomic E-state index is 12.5. The predicted molar refractivity (Wildman–Crippen MR) is 88.4 cm³/mol. The molecule has 0 spiro atoms. The van der Waals surface area contributed by atoms with Gasteiger partial charge < -0.3 is 19.5 Å². The molecular formula is C18H17F3N2O4. The normalized spacial score (nSPS) is 16.8. The Labute approximate surface area is 153 Å². The average molecular weight is 382 g/mol. The first kappa shape index (κ1) is 19.0. The lowest BCUT2D eigenvalue weighted by atomic mass is 10.2. The fourth-order valence-electron chi connectivity index (χ4n) is 2.54. The number of rotatable bonds is 6. The summed E-state index contributed by atoms with van der Waals surface area (Å²) in [5, 5.41) is 2.57. The van der Waals surface area contributed by atoms with Crippen molar-refractivity contribution in [3.8, 4) is 11.6 Å². The third-order valence-corrected chi connectivity index (χ3v) is 3.81. The van der Waals surface area contributed by atoms with E-state index >= 15 is 0 Å². The van der Waals surface area contributed by atoms with Gasteiger partial charge in [0.2, 0.25) is 5.88 Å². The second-order valence-corrected chi connectivity index (χ2v) is 5.82. The molecule has 1 N–H and O–H groups in total. The second kappa shape index (κ2) is 8.26. The monoisotopic (exact) mass is 382 g/mol.